The van der Waals surface area contributed by atoms with Crippen molar-refractivity contribution in [3.63, 3.8) is 0 Å². The number of aliphatic hydroxyl groups is 1. The van der Waals surface area contributed by atoms with Crippen molar-refractivity contribution in [1.82, 2.24) is 0 Å². The van der Waals surface area contributed by atoms with E-state index in [-0.39, 0.29) is 29.2 Å². The topological polar surface area (TPSA) is 127 Å². The van der Waals surface area contributed by atoms with Gasteiger partial charge in [0.15, 0.2) is 5.78 Å². The number of fused-ring (bicyclic) bond motifs is 5. The molecule has 1 aromatic carbocycles. The lowest BCUT2D eigenvalue weighted by Crippen LogP contribution is -2.62. The number of carbonyl (C=O) groups is 4. The summed E-state index contributed by atoms with van der Waals surface area (Å²) in [5, 5.41) is 21.0. The van der Waals surface area contributed by atoms with Crippen LogP contribution in [0.4, 0.5) is 0 Å². The minimum atomic E-state index is -1.29. The van der Waals surface area contributed by atoms with Crippen LogP contribution in [0.15, 0.2) is 30.3 Å². The molecule has 39 heavy (non-hydrogen) atoms. The molecular formula is C31H40O8. The molecule has 5 rings (SSSR count). The van der Waals surface area contributed by atoms with E-state index in [9.17, 15) is 24.3 Å². The largest absolute Gasteiger partial charge is 0.481 e. The van der Waals surface area contributed by atoms with E-state index in [0.29, 0.717) is 30.2 Å². The molecule has 212 valence electrons. The highest BCUT2D eigenvalue weighted by atomic mass is 16.5. The van der Waals surface area contributed by atoms with Crippen molar-refractivity contribution in [3.05, 3.63) is 35.9 Å². The van der Waals surface area contributed by atoms with Gasteiger partial charge in [-0.15, -0.1) is 0 Å². The number of rotatable bonds is 7. The quantitative estimate of drug-likeness (QED) is 0.380. The van der Waals surface area contributed by atoms with Gasteiger partial charge in [0.05, 0.1) is 11.2 Å². The molecular weight excluding hydrogens is 500 g/mol. The Labute approximate surface area is 229 Å². The second kappa shape index (κ2) is 10.3. The molecule has 4 aliphatic carbocycles. The van der Waals surface area contributed by atoms with Gasteiger partial charge in [-0.3, -0.25) is 14.4 Å². The molecule has 0 unspecified atom stereocenters. The fourth-order valence-electron chi connectivity index (χ4n) is 9.03. The van der Waals surface area contributed by atoms with Gasteiger partial charge in [0.25, 0.3) is 0 Å². The van der Waals surface area contributed by atoms with Gasteiger partial charge in [-0.25, -0.2) is 4.79 Å². The SMILES string of the molecule is C[C@]12CC[C@H](OC(=O)c3ccccc3)C[C@H]1CC[C@@H]1[C@@H]2CC[C@]2(C)[C@@H](C(=O)COC(=O)CC(=O)O)CC[C@]12O. The van der Waals surface area contributed by atoms with E-state index in [4.69, 9.17) is 14.6 Å². The van der Waals surface area contributed by atoms with Crippen LogP contribution < -0.4 is 0 Å². The summed E-state index contributed by atoms with van der Waals surface area (Å²) in [4.78, 5) is 48.2. The highest BCUT2D eigenvalue weighted by molar-refractivity contribution is 5.92. The average Bonchev–Trinajstić information content (AvgIpc) is 3.18. The summed E-state index contributed by atoms with van der Waals surface area (Å²) < 4.78 is 10.9. The number of hydrogen-bond donors (Lipinski definition) is 2. The van der Waals surface area contributed by atoms with Crippen LogP contribution in [0.2, 0.25) is 0 Å². The molecule has 1 aromatic rings. The maximum atomic E-state index is 13.1. The Bertz CT molecular complexity index is 1130. The Morgan fingerprint density at radius 3 is 2.38 bits per heavy atom. The molecule has 0 saturated heterocycles. The molecule has 0 amide bonds. The van der Waals surface area contributed by atoms with E-state index in [1.807, 2.05) is 25.1 Å². The Kier molecular flexibility index (Phi) is 7.38. The number of ether oxygens (including phenoxy) is 2. The van der Waals surface area contributed by atoms with Crippen LogP contribution in [0.5, 0.6) is 0 Å². The fourth-order valence-corrected chi connectivity index (χ4v) is 9.03. The van der Waals surface area contributed by atoms with E-state index < -0.39 is 41.9 Å². The molecule has 0 heterocycles. The lowest BCUT2D eigenvalue weighted by Gasteiger charge is -2.63. The zero-order chi connectivity index (χ0) is 28.0. The van der Waals surface area contributed by atoms with Gasteiger partial charge in [0, 0.05) is 11.3 Å². The first-order valence-corrected chi connectivity index (χ1v) is 14.4. The lowest BCUT2D eigenvalue weighted by molar-refractivity contribution is -0.210. The molecule has 8 heteroatoms. The van der Waals surface area contributed by atoms with Crippen molar-refractivity contribution >= 4 is 23.7 Å². The monoisotopic (exact) mass is 540 g/mol. The summed E-state index contributed by atoms with van der Waals surface area (Å²) in [6.07, 6.45) is 6.31. The van der Waals surface area contributed by atoms with Crippen LogP contribution >= 0.6 is 0 Å². The summed E-state index contributed by atoms with van der Waals surface area (Å²) in [6, 6.07) is 9.11. The zero-order valence-electron chi connectivity index (χ0n) is 22.9. The average molecular weight is 541 g/mol. The lowest BCUT2D eigenvalue weighted by atomic mass is 9.43. The molecule has 0 spiro atoms. The number of benzene rings is 1. The van der Waals surface area contributed by atoms with Gasteiger partial charge < -0.3 is 19.7 Å². The minimum Gasteiger partial charge on any atom is -0.481 e. The molecule has 8 nitrogen and oxygen atoms in total. The van der Waals surface area contributed by atoms with E-state index in [1.54, 1.807) is 12.1 Å². The Morgan fingerprint density at radius 2 is 1.67 bits per heavy atom. The van der Waals surface area contributed by atoms with Gasteiger partial charge in [0.1, 0.15) is 19.1 Å². The third-order valence-electron chi connectivity index (χ3n) is 11.1. The van der Waals surface area contributed by atoms with Crippen LogP contribution in [-0.4, -0.2) is 52.2 Å². The highest BCUT2D eigenvalue weighted by Crippen LogP contribution is 2.69. The second-order valence-electron chi connectivity index (χ2n) is 12.8. The van der Waals surface area contributed by atoms with Crippen molar-refractivity contribution < 1.29 is 38.9 Å². The molecule has 0 aromatic heterocycles. The molecule has 4 saturated carbocycles. The van der Waals surface area contributed by atoms with Gasteiger partial charge in [0.2, 0.25) is 0 Å². The standard InChI is InChI=1S/C31H40O8/c1-29-13-10-21(39-28(36)19-6-4-3-5-7-19)16-20(29)8-9-23-22(29)11-14-30(2)24(12-15-31(23,30)37)25(32)18-38-27(35)17-26(33)34/h3-7,20-24,37H,8-18H2,1-2H3,(H,33,34)/t20-,21+,22+,23-,24-,29+,30-,31+/m1/s1. The van der Waals surface area contributed by atoms with Crippen LogP contribution in [0.1, 0.15) is 88.4 Å². The summed E-state index contributed by atoms with van der Waals surface area (Å²) in [5.41, 5.74) is -0.947. The normalized spacial score (nSPS) is 39.0. The number of carboxylic acids is 1. The molecule has 0 bridgehead atoms. The first kappa shape index (κ1) is 27.8. The number of carboxylic acid groups (broad SMARTS) is 1. The second-order valence-corrected chi connectivity index (χ2v) is 12.8. The molecule has 0 radical (unpaired) electrons. The number of ketones is 1. The van der Waals surface area contributed by atoms with E-state index in [2.05, 4.69) is 6.92 Å². The van der Waals surface area contributed by atoms with Gasteiger partial charge in [-0.1, -0.05) is 32.0 Å². The Morgan fingerprint density at radius 1 is 0.923 bits per heavy atom. The summed E-state index contributed by atoms with van der Waals surface area (Å²) in [5.74, 6) is -2.28. The molecule has 2 N–H and O–H groups in total. The summed E-state index contributed by atoms with van der Waals surface area (Å²) in [6.45, 7) is 3.93. The zero-order valence-corrected chi connectivity index (χ0v) is 22.9. The van der Waals surface area contributed by atoms with Crippen LogP contribution in [-0.2, 0) is 23.9 Å². The van der Waals surface area contributed by atoms with E-state index in [0.717, 1.165) is 44.9 Å². The summed E-state index contributed by atoms with van der Waals surface area (Å²) >= 11 is 0. The van der Waals surface area contributed by atoms with Gasteiger partial charge in [-0.05, 0) is 93.1 Å². The van der Waals surface area contributed by atoms with Crippen LogP contribution in [0.25, 0.3) is 0 Å². The number of carbonyl (C=O) groups excluding carboxylic acids is 3. The van der Waals surface area contributed by atoms with Gasteiger partial charge >= 0.3 is 17.9 Å². The number of hydrogen-bond acceptors (Lipinski definition) is 7. The third kappa shape index (κ3) is 4.79. The van der Waals surface area contributed by atoms with E-state index in [1.165, 1.54) is 0 Å². The predicted octanol–water partition coefficient (Wildman–Crippen LogP) is 4.57. The highest BCUT2D eigenvalue weighted by Gasteiger charge is 2.68. The van der Waals surface area contributed by atoms with Crippen LogP contribution in [0.3, 0.4) is 0 Å². The van der Waals surface area contributed by atoms with Crippen molar-refractivity contribution in [2.24, 2.45) is 34.5 Å². The third-order valence-corrected chi connectivity index (χ3v) is 11.1. The van der Waals surface area contributed by atoms with Crippen molar-refractivity contribution in [2.75, 3.05) is 6.61 Å². The number of aliphatic carboxylic acids is 1. The number of Topliss-reactive ketones (excluding diaryl/α,β-unsaturated/α-hetero) is 1. The van der Waals surface area contributed by atoms with Crippen molar-refractivity contribution in [3.8, 4) is 0 Å². The predicted molar refractivity (Wildman–Crippen MR) is 141 cm³/mol. The molecule has 0 aliphatic heterocycles. The Hall–Kier alpha value is -2.74. The fraction of sp³-hybridized carbons (Fsp3) is 0.677. The maximum absolute atomic E-state index is 13.1. The molecule has 4 fully saturated rings. The molecule has 8 atom stereocenters. The van der Waals surface area contributed by atoms with Crippen LogP contribution in [0, 0.1) is 34.5 Å². The smallest absolute Gasteiger partial charge is 0.338 e. The number of esters is 2. The Balaban J connectivity index is 1.25. The minimum absolute atomic E-state index is 0.0457. The molecule has 4 aliphatic rings. The summed E-state index contributed by atoms with van der Waals surface area (Å²) in [7, 11) is 0. The maximum Gasteiger partial charge on any atom is 0.338 e. The first-order valence-electron chi connectivity index (χ1n) is 14.4. The first-order chi connectivity index (χ1) is 18.5. The van der Waals surface area contributed by atoms with Gasteiger partial charge in [-0.2, -0.15) is 0 Å². The van der Waals surface area contributed by atoms with Crippen molar-refractivity contribution in [1.29, 1.82) is 0 Å². The van der Waals surface area contributed by atoms with Crippen molar-refractivity contribution in [2.45, 2.75) is 89.8 Å². The van der Waals surface area contributed by atoms with E-state index >= 15 is 0 Å².